The monoisotopic (exact) mass is 130 g/mol. The van der Waals surface area contributed by atoms with Gasteiger partial charge in [-0.05, 0) is 25.8 Å². The van der Waals surface area contributed by atoms with Crippen LogP contribution in [0.15, 0.2) is 11.6 Å². The molecule has 0 rings (SSSR count). The number of allylic oxidation sites excluding steroid dienone is 2. The summed E-state index contributed by atoms with van der Waals surface area (Å²) in [4.78, 5) is 0. The molecule has 0 bridgehead atoms. The van der Waals surface area contributed by atoms with E-state index in [1.807, 2.05) is 26.8 Å². The molecule has 0 amide bonds. The van der Waals surface area contributed by atoms with Gasteiger partial charge >= 0.3 is 0 Å². The molecule has 0 saturated carbocycles. The molecule has 1 heteroatoms. The first-order valence-corrected chi connectivity index (χ1v) is 3.49. The molecule has 0 aliphatic carbocycles. The van der Waals surface area contributed by atoms with Gasteiger partial charge in [0, 0.05) is 0 Å². The quantitative estimate of drug-likeness (QED) is 0.515. The Balaban J connectivity index is 3.59. The number of rotatable bonds is 3. The molecule has 0 fully saturated rings. The highest BCUT2D eigenvalue weighted by atomic mass is 19.1. The molecule has 0 aromatic carbocycles. The number of hydrogen-bond donors (Lipinski definition) is 0. The van der Waals surface area contributed by atoms with Crippen molar-refractivity contribution < 1.29 is 4.39 Å². The maximum atomic E-state index is 12.7. The predicted molar refractivity (Wildman–Crippen MR) is 39.2 cm³/mol. The Morgan fingerprint density at radius 1 is 1.67 bits per heavy atom. The summed E-state index contributed by atoms with van der Waals surface area (Å²) in [5.41, 5.74) is 0.858. The lowest BCUT2D eigenvalue weighted by Crippen LogP contribution is -1.99. The van der Waals surface area contributed by atoms with Crippen LogP contribution in [0, 0.1) is 0 Å². The maximum absolute atomic E-state index is 12.7. The van der Waals surface area contributed by atoms with Crippen molar-refractivity contribution in [1.82, 2.24) is 0 Å². The van der Waals surface area contributed by atoms with Gasteiger partial charge in [-0.3, -0.25) is 0 Å². The summed E-state index contributed by atoms with van der Waals surface area (Å²) < 4.78 is 12.7. The van der Waals surface area contributed by atoms with Crippen LogP contribution in [0.4, 0.5) is 4.39 Å². The van der Waals surface area contributed by atoms with Crippen molar-refractivity contribution in [3.8, 4) is 0 Å². The molecule has 54 valence electrons. The van der Waals surface area contributed by atoms with Gasteiger partial charge in [0.05, 0.1) is 0 Å². The zero-order valence-corrected chi connectivity index (χ0v) is 6.45. The van der Waals surface area contributed by atoms with Crippen molar-refractivity contribution in [3.05, 3.63) is 11.6 Å². The molecule has 1 unspecified atom stereocenters. The van der Waals surface area contributed by atoms with Crippen LogP contribution in [0.1, 0.15) is 33.6 Å². The van der Waals surface area contributed by atoms with Crippen LogP contribution in [-0.4, -0.2) is 6.17 Å². The molecule has 0 radical (unpaired) electrons. The third-order valence-electron chi connectivity index (χ3n) is 1.49. The Morgan fingerprint density at radius 3 is 2.56 bits per heavy atom. The van der Waals surface area contributed by atoms with Crippen molar-refractivity contribution >= 4 is 0 Å². The molecule has 0 aromatic rings. The van der Waals surface area contributed by atoms with Crippen LogP contribution in [0.25, 0.3) is 0 Å². The molecule has 0 aliphatic heterocycles. The molecule has 0 heterocycles. The maximum Gasteiger partial charge on any atom is 0.121 e. The van der Waals surface area contributed by atoms with Crippen molar-refractivity contribution in [3.63, 3.8) is 0 Å². The van der Waals surface area contributed by atoms with Crippen LogP contribution < -0.4 is 0 Å². The first-order valence-electron chi connectivity index (χ1n) is 3.49. The highest BCUT2D eigenvalue weighted by molar-refractivity contribution is 5.02. The van der Waals surface area contributed by atoms with E-state index >= 15 is 0 Å². The summed E-state index contributed by atoms with van der Waals surface area (Å²) in [5, 5.41) is 0. The summed E-state index contributed by atoms with van der Waals surface area (Å²) in [6.07, 6.45) is 2.71. The van der Waals surface area contributed by atoms with Gasteiger partial charge in [0.2, 0.25) is 0 Å². The van der Waals surface area contributed by atoms with Crippen molar-refractivity contribution in [1.29, 1.82) is 0 Å². The second-order valence-electron chi connectivity index (χ2n) is 2.29. The lowest BCUT2D eigenvalue weighted by Gasteiger charge is -2.04. The minimum atomic E-state index is -0.708. The smallest absolute Gasteiger partial charge is 0.121 e. The Morgan fingerprint density at radius 2 is 2.22 bits per heavy atom. The Hall–Kier alpha value is -0.330. The predicted octanol–water partition coefficient (Wildman–Crippen LogP) is 3.09. The summed E-state index contributed by atoms with van der Waals surface area (Å²) in [6, 6.07) is 0. The topological polar surface area (TPSA) is 0 Å². The van der Waals surface area contributed by atoms with E-state index in [-0.39, 0.29) is 0 Å². The van der Waals surface area contributed by atoms with Crippen LogP contribution >= 0.6 is 0 Å². The normalized spacial score (nSPS) is 15.8. The van der Waals surface area contributed by atoms with Gasteiger partial charge in [-0.25, -0.2) is 4.39 Å². The van der Waals surface area contributed by atoms with E-state index in [9.17, 15) is 4.39 Å². The number of halogens is 1. The molecule has 0 spiro atoms. The van der Waals surface area contributed by atoms with Crippen molar-refractivity contribution in [2.75, 3.05) is 0 Å². The minimum Gasteiger partial charge on any atom is -0.243 e. The summed E-state index contributed by atoms with van der Waals surface area (Å²) >= 11 is 0. The van der Waals surface area contributed by atoms with Crippen molar-refractivity contribution in [2.45, 2.75) is 39.8 Å². The second-order valence-corrected chi connectivity index (χ2v) is 2.29. The summed E-state index contributed by atoms with van der Waals surface area (Å²) in [6.45, 7) is 5.70. The average Bonchev–Trinajstić information content (AvgIpc) is 1.87. The fourth-order valence-electron chi connectivity index (χ4n) is 0.662. The number of alkyl halides is 1. The first-order chi connectivity index (χ1) is 4.22. The zero-order valence-electron chi connectivity index (χ0n) is 6.45. The second kappa shape index (κ2) is 4.54. The molecule has 0 saturated heterocycles. The van der Waals surface area contributed by atoms with Gasteiger partial charge in [-0.1, -0.05) is 19.4 Å². The SMILES string of the molecule is CC=C(C)C(F)CCC. The molecule has 1 atom stereocenters. The average molecular weight is 130 g/mol. The summed E-state index contributed by atoms with van der Waals surface area (Å²) in [5.74, 6) is 0. The lowest BCUT2D eigenvalue weighted by molar-refractivity contribution is 0.357. The standard InChI is InChI=1S/C8H15F/c1-4-6-8(9)7(3)5-2/h5,8H,4,6H2,1-3H3. The molecular formula is C8H15F. The first kappa shape index (κ1) is 8.67. The van der Waals surface area contributed by atoms with Gasteiger partial charge in [0.1, 0.15) is 6.17 Å². The van der Waals surface area contributed by atoms with Gasteiger partial charge in [0.15, 0.2) is 0 Å². The molecule has 9 heavy (non-hydrogen) atoms. The highest BCUT2D eigenvalue weighted by Gasteiger charge is 2.04. The van der Waals surface area contributed by atoms with E-state index < -0.39 is 6.17 Å². The fourth-order valence-corrected chi connectivity index (χ4v) is 0.662. The van der Waals surface area contributed by atoms with E-state index in [1.54, 1.807) is 0 Å². The van der Waals surface area contributed by atoms with E-state index in [4.69, 9.17) is 0 Å². The Bertz CT molecular complexity index is 94.7. The molecule has 0 nitrogen and oxygen atoms in total. The third-order valence-corrected chi connectivity index (χ3v) is 1.49. The van der Waals surface area contributed by atoms with Crippen molar-refractivity contribution in [2.24, 2.45) is 0 Å². The van der Waals surface area contributed by atoms with Crippen LogP contribution in [-0.2, 0) is 0 Å². The molecule has 0 aromatic heterocycles. The van der Waals surface area contributed by atoms with Gasteiger partial charge in [0.25, 0.3) is 0 Å². The van der Waals surface area contributed by atoms with E-state index in [1.165, 1.54) is 0 Å². The van der Waals surface area contributed by atoms with Crippen LogP contribution in [0.5, 0.6) is 0 Å². The Labute approximate surface area is 56.8 Å². The molecular weight excluding hydrogens is 115 g/mol. The van der Waals surface area contributed by atoms with E-state index in [0.717, 1.165) is 12.0 Å². The zero-order chi connectivity index (χ0) is 7.28. The van der Waals surface area contributed by atoms with Crippen LogP contribution in [0.3, 0.4) is 0 Å². The number of hydrogen-bond acceptors (Lipinski definition) is 0. The molecule has 0 N–H and O–H groups in total. The van der Waals surface area contributed by atoms with E-state index in [0.29, 0.717) is 6.42 Å². The Kier molecular flexibility index (Phi) is 4.37. The lowest BCUT2D eigenvalue weighted by atomic mass is 10.1. The van der Waals surface area contributed by atoms with Gasteiger partial charge in [-0.2, -0.15) is 0 Å². The van der Waals surface area contributed by atoms with Crippen LogP contribution in [0.2, 0.25) is 0 Å². The van der Waals surface area contributed by atoms with Gasteiger partial charge in [-0.15, -0.1) is 0 Å². The molecule has 0 aliphatic rings. The summed E-state index contributed by atoms with van der Waals surface area (Å²) in [7, 11) is 0. The third kappa shape index (κ3) is 3.28. The van der Waals surface area contributed by atoms with E-state index in [2.05, 4.69) is 0 Å². The largest absolute Gasteiger partial charge is 0.243 e. The highest BCUT2D eigenvalue weighted by Crippen LogP contribution is 2.11. The van der Waals surface area contributed by atoms with Gasteiger partial charge < -0.3 is 0 Å². The minimum absolute atomic E-state index is 0.663. The fraction of sp³-hybridized carbons (Fsp3) is 0.750.